The Labute approximate surface area is 296 Å². The standard InChI is InChI=1S/C47H31N3O/c1-5-15-32(16-6-1)43(33-17-7-2-8-18-33)44(34-19-9-3-10-20-34)35-25-27-37(28-26-35)46-48-45(36-21-11-4-12-22-36)49-47(50-46)38-29-30-40-39-23-13-14-24-41(39)51-42(40)31-38/h1-31H. The molecular formula is C47H31N3O. The van der Waals surface area contributed by atoms with Crippen molar-refractivity contribution < 1.29 is 4.42 Å². The Bertz CT molecular complexity index is 2610. The van der Waals surface area contributed by atoms with E-state index in [2.05, 4.69) is 133 Å². The first-order chi connectivity index (χ1) is 25.3. The van der Waals surface area contributed by atoms with E-state index in [1.54, 1.807) is 0 Å². The number of benzene rings is 7. The lowest BCUT2D eigenvalue weighted by molar-refractivity contribution is 0.669. The Kier molecular flexibility index (Phi) is 7.80. The van der Waals surface area contributed by atoms with Gasteiger partial charge < -0.3 is 4.42 Å². The van der Waals surface area contributed by atoms with Gasteiger partial charge in [-0.3, -0.25) is 0 Å². The van der Waals surface area contributed by atoms with Crippen molar-refractivity contribution in [2.75, 3.05) is 0 Å². The van der Waals surface area contributed by atoms with Crippen LogP contribution in [0.2, 0.25) is 0 Å². The van der Waals surface area contributed by atoms with Crippen LogP contribution in [0.15, 0.2) is 192 Å². The van der Waals surface area contributed by atoms with Crippen molar-refractivity contribution in [1.82, 2.24) is 15.0 Å². The summed E-state index contributed by atoms with van der Waals surface area (Å²) in [7, 11) is 0. The second kappa shape index (κ2) is 13.2. The molecule has 0 bridgehead atoms. The minimum absolute atomic E-state index is 0.589. The first-order valence-electron chi connectivity index (χ1n) is 17.0. The third kappa shape index (κ3) is 5.90. The summed E-state index contributed by atoms with van der Waals surface area (Å²) < 4.78 is 6.22. The zero-order valence-corrected chi connectivity index (χ0v) is 27.6. The van der Waals surface area contributed by atoms with E-state index in [9.17, 15) is 0 Å². The normalized spacial score (nSPS) is 11.1. The van der Waals surface area contributed by atoms with Gasteiger partial charge in [-0.05, 0) is 51.6 Å². The summed E-state index contributed by atoms with van der Waals surface area (Å²) in [6, 6.07) is 64.7. The molecule has 0 aliphatic rings. The predicted molar refractivity (Wildman–Crippen MR) is 208 cm³/mol. The number of hydrogen-bond acceptors (Lipinski definition) is 4. The fourth-order valence-electron chi connectivity index (χ4n) is 6.73. The molecule has 0 saturated heterocycles. The fourth-order valence-corrected chi connectivity index (χ4v) is 6.73. The van der Waals surface area contributed by atoms with E-state index in [0.717, 1.165) is 66.5 Å². The van der Waals surface area contributed by atoms with Crippen LogP contribution < -0.4 is 0 Å². The second-order valence-electron chi connectivity index (χ2n) is 12.4. The maximum atomic E-state index is 6.22. The summed E-state index contributed by atoms with van der Waals surface area (Å²) in [4.78, 5) is 15.0. The van der Waals surface area contributed by atoms with Crippen molar-refractivity contribution in [3.63, 3.8) is 0 Å². The van der Waals surface area contributed by atoms with Crippen LogP contribution in [0.1, 0.15) is 22.3 Å². The minimum atomic E-state index is 0.589. The Morgan fingerprint density at radius 1 is 0.314 bits per heavy atom. The van der Waals surface area contributed by atoms with Gasteiger partial charge in [0.15, 0.2) is 17.5 Å². The van der Waals surface area contributed by atoms with Gasteiger partial charge in [0.25, 0.3) is 0 Å². The monoisotopic (exact) mass is 653 g/mol. The molecule has 0 amide bonds. The van der Waals surface area contributed by atoms with Gasteiger partial charge in [-0.25, -0.2) is 15.0 Å². The third-order valence-corrected chi connectivity index (χ3v) is 9.17. The van der Waals surface area contributed by atoms with Crippen LogP contribution in [0.3, 0.4) is 0 Å². The quantitative estimate of drug-likeness (QED) is 0.161. The molecule has 0 N–H and O–H groups in total. The van der Waals surface area contributed by atoms with E-state index >= 15 is 0 Å². The average Bonchev–Trinajstić information content (AvgIpc) is 3.59. The summed E-state index contributed by atoms with van der Waals surface area (Å²) in [5.74, 6) is 1.81. The van der Waals surface area contributed by atoms with Crippen molar-refractivity contribution in [1.29, 1.82) is 0 Å². The topological polar surface area (TPSA) is 51.8 Å². The molecule has 0 atom stereocenters. The van der Waals surface area contributed by atoms with Crippen LogP contribution >= 0.6 is 0 Å². The van der Waals surface area contributed by atoms with Gasteiger partial charge in [0.2, 0.25) is 0 Å². The van der Waals surface area contributed by atoms with Crippen LogP contribution in [-0.4, -0.2) is 15.0 Å². The summed E-state index contributed by atoms with van der Waals surface area (Å²) >= 11 is 0. The van der Waals surface area contributed by atoms with Gasteiger partial charge in [0, 0.05) is 27.5 Å². The van der Waals surface area contributed by atoms with Crippen molar-refractivity contribution in [3.05, 3.63) is 210 Å². The van der Waals surface area contributed by atoms with Crippen LogP contribution in [0.5, 0.6) is 0 Å². The van der Waals surface area contributed by atoms with Crippen LogP contribution in [0, 0.1) is 0 Å². The van der Waals surface area contributed by atoms with Gasteiger partial charge in [-0.2, -0.15) is 0 Å². The Hall–Kier alpha value is -6.91. The number of aromatic nitrogens is 3. The maximum absolute atomic E-state index is 6.22. The zero-order chi connectivity index (χ0) is 34.0. The zero-order valence-electron chi connectivity index (χ0n) is 27.6. The molecule has 0 radical (unpaired) electrons. The number of nitrogens with zero attached hydrogens (tertiary/aromatic N) is 3. The van der Waals surface area contributed by atoms with Crippen molar-refractivity contribution in [2.45, 2.75) is 0 Å². The minimum Gasteiger partial charge on any atom is -0.456 e. The van der Waals surface area contributed by atoms with E-state index in [1.807, 2.05) is 54.6 Å². The molecule has 0 aliphatic heterocycles. The molecule has 0 spiro atoms. The first kappa shape index (κ1) is 30.2. The number of rotatable bonds is 7. The van der Waals surface area contributed by atoms with Crippen LogP contribution in [0.25, 0.3) is 67.2 Å². The van der Waals surface area contributed by atoms with E-state index in [1.165, 1.54) is 5.57 Å². The number of hydrogen-bond donors (Lipinski definition) is 0. The smallest absolute Gasteiger partial charge is 0.164 e. The number of furan rings is 1. The lowest BCUT2D eigenvalue weighted by Gasteiger charge is -2.18. The highest BCUT2D eigenvalue weighted by Gasteiger charge is 2.18. The van der Waals surface area contributed by atoms with Gasteiger partial charge in [-0.1, -0.05) is 170 Å². The molecule has 9 rings (SSSR count). The molecule has 2 heterocycles. The Morgan fingerprint density at radius 2 is 0.706 bits per heavy atom. The van der Waals surface area contributed by atoms with Gasteiger partial charge in [0.1, 0.15) is 11.2 Å². The SMILES string of the molecule is c1ccc(C(=C(c2ccccc2)c2ccc(-c3nc(-c4ccccc4)nc(-c4ccc5c(c4)oc4ccccc45)n3)cc2)c2ccccc2)cc1. The number of para-hydroxylation sites is 1. The Morgan fingerprint density at radius 3 is 1.25 bits per heavy atom. The summed E-state index contributed by atoms with van der Waals surface area (Å²) in [5.41, 5.74) is 11.2. The molecule has 51 heavy (non-hydrogen) atoms. The van der Waals surface area contributed by atoms with Crippen molar-refractivity contribution >= 4 is 33.1 Å². The predicted octanol–water partition coefficient (Wildman–Crippen LogP) is 11.8. The largest absolute Gasteiger partial charge is 0.456 e. The van der Waals surface area contributed by atoms with Gasteiger partial charge >= 0.3 is 0 Å². The molecular weight excluding hydrogens is 623 g/mol. The second-order valence-corrected chi connectivity index (χ2v) is 12.4. The lowest BCUT2D eigenvalue weighted by Crippen LogP contribution is -2.01. The molecule has 0 aliphatic carbocycles. The van der Waals surface area contributed by atoms with Crippen LogP contribution in [-0.2, 0) is 0 Å². The Balaban J connectivity index is 1.20. The van der Waals surface area contributed by atoms with E-state index in [4.69, 9.17) is 19.4 Å². The van der Waals surface area contributed by atoms with E-state index in [0.29, 0.717) is 17.5 Å². The van der Waals surface area contributed by atoms with Crippen molar-refractivity contribution in [3.8, 4) is 34.2 Å². The molecule has 240 valence electrons. The van der Waals surface area contributed by atoms with Gasteiger partial charge in [-0.15, -0.1) is 0 Å². The third-order valence-electron chi connectivity index (χ3n) is 9.17. The average molecular weight is 654 g/mol. The molecule has 0 fully saturated rings. The lowest BCUT2D eigenvalue weighted by atomic mass is 9.85. The van der Waals surface area contributed by atoms with E-state index < -0.39 is 0 Å². The molecule has 7 aromatic carbocycles. The highest BCUT2D eigenvalue weighted by molar-refractivity contribution is 6.06. The molecule has 4 heteroatoms. The van der Waals surface area contributed by atoms with Crippen molar-refractivity contribution in [2.24, 2.45) is 0 Å². The molecule has 9 aromatic rings. The first-order valence-corrected chi connectivity index (χ1v) is 17.0. The highest BCUT2D eigenvalue weighted by atomic mass is 16.3. The summed E-state index contributed by atoms with van der Waals surface area (Å²) in [6.07, 6.45) is 0. The molecule has 0 unspecified atom stereocenters. The highest BCUT2D eigenvalue weighted by Crippen LogP contribution is 2.38. The molecule has 4 nitrogen and oxygen atoms in total. The van der Waals surface area contributed by atoms with Gasteiger partial charge in [0.05, 0.1) is 0 Å². The maximum Gasteiger partial charge on any atom is 0.164 e. The summed E-state index contributed by atoms with van der Waals surface area (Å²) in [6.45, 7) is 0. The molecule has 2 aromatic heterocycles. The van der Waals surface area contributed by atoms with Crippen LogP contribution in [0.4, 0.5) is 0 Å². The fraction of sp³-hybridized carbons (Fsp3) is 0. The summed E-state index contributed by atoms with van der Waals surface area (Å²) in [5, 5.41) is 2.15. The number of fused-ring (bicyclic) bond motifs is 3. The molecule has 0 saturated carbocycles. The van der Waals surface area contributed by atoms with E-state index in [-0.39, 0.29) is 0 Å².